The van der Waals surface area contributed by atoms with Gasteiger partial charge in [-0.1, -0.05) is 0 Å². The highest BCUT2D eigenvalue weighted by Crippen LogP contribution is 2.41. The van der Waals surface area contributed by atoms with Crippen molar-refractivity contribution >= 4 is 5.69 Å². The predicted molar refractivity (Wildman–Crippen MR) is 69.3 cm³/mol. The van der Waals surface area contributed by atoms with E-state index in [1.54, 1.807) is 0 Å². The summed E-state index contributed by atoms with van der Waals surface area (Å²) in [4.78, 5) is 10.7. The van der Waals surface area contributed by atoms with Crippen molar-refractivity contribution in [2.24, 2.45) is 5.18 Å². The largest absolute Gasteiger partial charge is 0.485 e. The zero-order chi connectivity index (χ0) is 14.3. The van der Waals surface area contributed by atoms with Gasteiger partial charge >= 0.3 is 0 Å². The second-order valence-electron chi connectivity index (χ2n) is 5.58. The van der Waals surface area contributed by atoms with E-state index in [9.17, 15) is 9.30 Å². The summed E-state index contributed by atoms with van der Waals surface area (Å²) in [6.45, 7) is 3.70. The molecule has 0 unspecified atom stereocenters. The minimum atomic E-state index is -0.634. The Morgan fingerprint density at radius 3 is 2.90 bits per heavy atom. The Morgan fingerprint density at radius 1 is 1.35 bits per heavy atom. The van der Waals surface area contributed by atoms with Crippen LogP contribution in [0.3, 0.4) is 0 Å². The van der Waals surface area contributed by atoms with Crippen LogP contribution < -0.4 is 4.74 Å². The van der Waals surface area contributed by atoms with E-state index >= 15 is 0 Å². The molecule has 1 saturated heterocycles. The van der Waals surface area contributed by atoms with E-state index in [2.05, 4.69) is 5.18 Å². The first-order valence-electron chi connectivity index (χ1n) is 6.64. The van der Waals surface area contributed by atoms with Crippen LogP contribution >= 0.6 is 0 Å². The maximum absolute atomic E-state index is 13.3. The van der Waals surface area contributed by atoms with Gasteiger partial charge in [-0.25, -0.2) is 4.39 Å². The topological polar surface area (TPSA) is 57.1 Å². The quantitative estimate of drug-likeness (QED) is 0.798. The van der Waals surface area contributed by atoms with Crippen molar-refractivity contribution in [1.29, 1.82) is 0 Å². The van der Waals surface area contributed by atoms with Crippen molar-refractivity contribution in [2.45, 2.75) is 50.8 Å². The molecule has 1 heterocycles. The Labute approximate surface area is 116 Å². The van der Waals surface area contributed by atoms with Gasteiger partial charge in [-0.15, -0.1) is 4.91 Å². The second kappa shape index (κ2) is 4.79. The van der Waals surface area contributed by atoms with Gasteiger partial charge < -0.3 is 14.2 Å². The lowest BCUT2D eigenvalue weighted by atomic mass is 10.2. The average Bonchev–Trinajstić information content (AvgIpc) is 2.86. The summed E-state index contributed by atoms with van der Waals surface area (Å²) >= 11 is 0. The van der Waals surface area contributed by atoms with Crippen LogP contribution in [-0.2, 0) is 9.47 Å². The van der Waals surface area contributed by atoms with Crippen molar-refractivity contribution in [3.63, 3.8) is 0 Å². The zero-order valence-electron chi connectivity index (χ0n) is 11.3. The molecule has 5 nitrogen and oxygen atoms in total. The lowest BCUT2D eigenvalue weighted by Crippen LogP contribution is -2.32. The number of hydrogen-bond acceptors (Lipinski definition) is 5. The number of ether oxygens (including phenoxy) is 3. The number of nitrogens with zero attached hydrogens (tertiary/aromatic N) is 1. The number of fused-ring (bicyclic) bond motifs is 1. The first-order valence-corrected chi connectivity index (χ1v) is 6.64. The Morgan fingerprint density at radius 2 is 2.15 bits per heavy atom. The van der Waals surface area contributed by atoms with Crippen LogP contribution in [0.15, 0.2) is 23.4 Å². The molecule has 1 aromatic carbocycles. The van der Waals surface area contributed by atoms with Crippen molar-refractivity contribution in [2.75, 3.05) is 0 Å². The Balaban J connectivity index is 1.79. The molecule has 3 atom stereocenters. The van der Waals surface area contributed by atoms with Crippen LogP contribution in [0.4, 0.5) is 10.1 Å². The third-order valence-electron chi connectivity index (χ3n) is 3.62. The maximum Gasteiger partial charge on any atom is 0.163 e. The van der Waals surface area contributed by atoms with Crippen molar-refractivity contribution in [3.8, 4) is 5.75 Å². The van der Waals surface area contributed by atoms with Gasteiger partial charge in [-0.2, -0.15) is 0 Å². The van der Waals surface area contributed by atoms with Crippen LogP contribution in [0.2, 0.25) is 0 Å². The molecule has 3 rings (SSSR count). The predicted octanol–water partition coefficient (Wildman–Crippen LogP) is 3.28. The smallest absolute Gasteiger partial charge is 0.163 e. The summed E-state index contributed by atoms with van der Waals surface area (Å²) in [6, 6.07) is 3.66. The monoisotopic (exact) mass is 281 g/mol. The fourth-order valence-electron chi connectivity index (χ4n) is 2.84. The third-order valence-corrected chi connectivity index (χ3v) is 3.62. The van der Waals surface area contributed by atoms with Crippen LogP contribution in [0.25, 0.3) is 0 Å². The van der Waals surface area contributed by atoms with Gasteiger partial charge in [-0.05, 0) is 44.0 Å². The molecule has 0 bridgehead atoms. The van der Waals surface area contributed by atoms with Gasteiger partial charge in [0.25, 0.3) is 0 Å². The van der Waals surface area contributed by atoms with Crippen molar-refractivity contribution in [1.82, 2.24) is 0 Å². The summed E-state index contributed by atoms with van der Waals surface area (Å²) in [6.07, 6.45) is 1.08. The van der Waals surface area contributed by atoms with E-state index < -0.39 is 11.6 Å². The van der Waals surface area contributed by atoms with Crippen molar-refractivity contribution in [3.05, 3.63) is 28.9 Å². The molecule has 6 heteroatoms. The average molecular weight is 281 g/mol. The maximum atomic E-state index is 13.3. The highest BCUT2D eigenvalue weighted by atomic mass is 19.1. The molecule has 1 aliphatic heterocycles. The summed E-state index contributed by atoms with van der Waals surface area (Å²) in [5.74, 6) is -0.949. The molecular weight excluding hydrogens is 265 g/mol. The van der Waals surface area contributed by atoms with Gasteiger partial charge in [0.15, 0.2) is 11.5 Å². The van der Waals surface area contributed by atoms with E-state index in [1.807, 2.05) is 13.8 Å². The SMILES string of the molecule is CC1(C)O[C@H]2[C@H](Oc3cc(F)ccc3N=O)CC[C@H]2O1. The summed E-state index contributed by atoms with van der Waals surface area (Å²) in [7, 11) is 0. The van der Waals surface area contributed by atoms with Crippen LogP contribution in [0, 0.1) is 10.7 Å². The molecule has 0 amide bonds. The fraction of sp³-hybridized carbons (Fsp3) is 0.571. The van der Waals surface area contributed by atoms with Gasteiger partial charge in [0, 0.05) is 6.07 Å². The van der Waals surface area contributed by atoms with E-state index in [4.69, 9.17) is 14.2 Å². The molecule has 0 spiro atoms. The highest BCUT2D eigenvalue weighted by Gasteiger charge is 2.50. The second-order valence-corrected chi connectivity index (χ2v) is 5.58. The number of nitroso groups, excluding NO2 is 1. The molecule has 20 heavy (non-hydrogen) atoms. The standard InChI is InChI=1S/C14H16FNO4/c1-14(2)19-11-6-5-10(13(11)20-14)18-12-7-8(15)3-4-9(12)16-17/h3-4,7,10-11,13H,5-6H2,1-2H3/t10-,11-,13+/m1/s1. The molecule has 2 fully saturated rings. The lowest BCUT2D eigenvalue weighted by Gasteiger charge is -2.22. The van der Waals surface area contributed by atoms with E-state index in [0.717, 1.165) is 12.8 Å². The van der Waals surface area contributed by atoms with E-state index in [1.165, 1.54) is 18.2 Å². The molecule has 2 aliphatic rings. The van der Waals surface area contributed by atoms with E-state index in [0.29, 0.717) is 0 Å². The first-order chi connectivity index (χ1) is 9.48. The van der Waals surface area contributed by atoms with Crippen LogP contribution in [0.1, 0.15) is 26.7 Å². The minimum Gasteiger partial charge on any atom is -0.485 e. The Bertz CT molecular complexity index is 534. The third kappa shape index (κ3) is 2.41. The Hall–Kier alpha value is -1.53. The first kappa shape index (κ1) is 13.5. The van der Waals surface area contributed by atoms with Crippen LogP contribution in [-0.4, -0.2) is 24.1 Å². The number of hydrogen-bond donors (Lipinski definition) is 0. The van der Waals surface area contributed by atoms with Gasteiger partial charge in [-0.3, -0.25) is 0 Å². The minimum absolute atomic E-state index is 0.0174. The molecule has 0 radical (unpaired) electrons. The highest BCUT2D eigenvalue weighted by molar-refractivity contribution is 5.51. The molecular formula is C14H16FNO4. The molecule has 0 aromatic heterocycles. The van der Waals surface area contributed by atoms with Gasteiger partial charge in [0.1, 0.15) is 23.7 Å². The summed E-state index contributed by atoms with van der Waals surface area (Å²) < 4.78 is 30.6. The number of halogens is 1. The summed E-state index contributed by atoms with van der Waals surface area (Å²) in [5.41, 5.74) is 0.0908. The van der Waals surface area contributed by atoms with Crippen molar-refractivity contribution < 1.29 is 18.6 Å². The molecule has 1 saturated carbocycles. The molecule has 1 aliphatic carbocycles. The molecule has 108 valence electrons. The zero-order valence-corrected chi connectivity index (χ0v) is 11.3. The number of rotatable bonds is 3. The van der Waals surface area contributed by atoms with Gasteiger partial charge in [0.2, 0.25) is 0 Å². The fourth-order valence-corrected chi connectivity index (χ4v) is 2.84. The molecule has 1 aromatic rings. The van der Waals surface area contributed by atoms with E-state index in [-0.39, 0.29) is 29.7 Å². The van der Waals surface area contributed by atoms with Crippen LogP contribution in [0.5, 0.6) is 5.75 Å². The lowest BCUT2D eigenvalue weighted by molar-refractivity contribution is -0.159. The summed E-state index contributed by atoms with van der Waals surface area (Å²) in [5, 5.41) is 2.85. The normalized spacial score (nSPS) is 31.1. The number of benzene rings is 1. The Kier molecular flexibility index (Phi) is 3.22. The van der Waals surface area contributed by atoms with Gasteiger partial charge in [0.05, 0.1) is 6.10 Å². The molecule has 0 N–H and O–H groups in total.